The van der Waals surface area contributed by atoms with Crippen LogP contribution in [0.15, 0.2) is 24.3 Å². The molecule has 1 aromatic heterocycles. The summed E-state index contributed by atoms with van der Waals surface area (Å²) in [5.41, 5.74) is 3.53. The van der Waals surface area contributed by atoms with E-state index in [1.165, 1.54) is 7.11 Å². The SMILES string of the molecule is CCOC(=O)c1c(C)[nH]c(CCC(=O)Nc2ccccc2C(=O)OC)c1C. The molecule has 0 atom stereocenters. The Hall–Kier alpha value is -3.09. The van der Waals surface area contributed by atoms with Crippen molar-refractivity contribution in [3.05, 3.63) is 52.3 Å². The third-order valence-corrected chi connectivity index (χ3v) is 4.23. The Balaban J connectivity index is 2.06. The van der Waals surface area contributed by atoms with Gasteiger partial charge in [-0.2, -0.15) is 0 Å². The quantitative estimate of drug-likeness (QED) is 0.728. The zero-order valence-electron chi connectivity index (χ0n) is 16.0. The van der Waals surface area contributed by atoms with Crippen molar-refractivity contribution in [1.82, 2.24) is 4.98 Å². The van der Waals surface area contributed by atoms with E-state index < -0.39 is 5.97 Å². The Kier molecular flexibility index (Phi) is 6.76. The molecule has 27 heavy (non-hydrogen) atoms. The van der Waals surface area contributed by atoms with Gasteiger partial charge in [-0.15, -0.1) is 0 Å². The van der Waals surface area contributed by atoms with Crippen LogP contribution in [0.2, 0.25) is 0 Å². The van der Waals surface area contributed by atoms with Crippen LogP contribution < -0.4 is 5.32 Å². The lowest BCUT2D eigenvalue weighted by atomic mass is 10.1. The highest BCUT2D eigenvalue weighted by Gasteiger charge is 2.20. The fourth-order valence-corrected chi connectivity index (χ4v) is 2.91. The highest BCUT2D eigenvalue weighted by atomic mass is 16.5. The van der Waals surface area contributed by atoms with Gasteiger partial charge in [-0.3, -0.25) is 4.79 Å². The van der Waals surface area contributed by atoms with Crippen molar-refractivity contribution in [2.45, 2.75) is 33.6 Å². The van der Waals surface area contributed by atoms with Crippen LogP contribution in [0.4, 0.5) is 5.69 Å². The molecule has 0 aliphatic carbocycles. The topological polar surface area (TPSA) is 97.5 Å². The smallest absolute Gasteiger partial charge is 0.340 e. The molecule has 7 heteroatoms. The van der Waals surface area contributed by atoms with E-state index in [4.69, 9.17) is 9.47 Å². The second kappa shape index (κ2) is 9.02. The van der Waals surface area contributed by atoms with Crippen LogP contribution in [0.3, 0.4) is 0 Å². The fraction of sp³-hybridized carbons (Fsp3) is 0.350. The molecule has 0 saturated heterocycles. The number of amides is 1. The van der Waals surface area contributed by atoms with Crippen molar-refractivity contribution in [2.24, 2.45) is 0 Å². The number of anilines is 1. The summed E-state index contributed by atoms with van der Waals surface area (Å²) in [6.45, 7) is 5.69. The van der Waals surface area contributed by atoms with Gasteiger partial charge in [0.05, 0.1) is 30.5 Å². The van der Waals surface area contributed by atoms with E-state index in [0.29, 0.717) is 29.8 Å². The van der Waals surface area contributed by atoms with Crippen molar-refractivity contribution in [2.75, 3.05) is 19.0 Å². The summed E-state index contributed by atoms with van der Waals surface area (Å²) in [5, 5.41) is 2.73. The van der Waals surface area contributed by atoms with Crippen molar-refractivity contribution >= 4 is 23.5 Å². The van der Waals surface area contributed by atoms with E-state index in [1.807, 2.05) is 6.92 Å². The molecule has 0 aliphatic heterocycles. The molecule has 0 bridgehead atoms. The van der Waals surface area contributed by atoms with Gasteiger partial charge in [-0.25, -0.2) is 9.59 Å². The molecule has 0 aliphatic rings. The monoisotopic (exact) mass is 372 g/mol. The molecule has 0 unspecified atom stereocenters. The minimum absolute atomic E-state index is 0.193. The zero-order chi connectivity index (χ0) is 20.0. The van der Waals surface area contributed by atoms with Crippen LogP contribution >= 0.6 is 0 Å². The number of nitrogens with one attached hydrogen (secondary N) is 2. The lowest BCUT2D eigenvalue weighted by Crippen LogP contribution is -2.16. The van der Waals surface area contributed by atoms with Gasteiger partial charge in [0.15, 0.2) is 0 Å². The summed E-state index contributed by atoms with van der Waals surface area (Å²) < 4.78 is 9.79. The Morgan fingerprint density at radius 2 is 1.81 bits per heavy atom. The summed E-state index contributed by atoms with van der Waals surface area (Å²) in [6, 6.07) is 6.66. The summed E-state index contributed by atoms with van der Waals surface area (Å²) >= 11 is 0. The summed E-state index contributed by atoms with van der Waals surface area (Å²) in [5.74, 6) is -1.12. The second-order valence-corrected chi connectivity index (χ2v) is 6.03. The number of aromatic amines is 1. The average molecular weight is 372 g/mol. The average Bonchev–Trinajstić information content (AvgIpc) is 2.93. The van der Waals surface area contributed by atoms with E-state index in [2.05, 4.69) is 10.3 Å². The molecule has 144 valence electrons. The summed E-state index contributed by atoms with van der Waals surface area (Å²) in [7, 11) is 1.29. The standard InChI is InChI=1S/C20H24N2O5/c1-5-27-20(25)18-12(2)15(21-13(18)3)10-11-17(23)22-16-9-7-6-8-14(16)19(24)26-4/h6-9,21H,5,10-11H2,1-4H3,(H,22,23). The molecule has 2 aromatic rings. The third kappa shape index (κ3) is 4.75. The number of ether oxygens (including phenoxy) is 2. The van der Waals surface area contributed by atoms with Crippen molar-refractivity contribution in [3.63, 3.8) is 0 Å². The predicted molar refractivity (Wildman–Crippen MR) is 101 cm³/mol. The normalized spacial score (nSPS) is 10.4. The van der Waals surface area contributed by atoms with E-state index in [-0.39, 0.29) is 18.3 Å². The lowest BCUT2D eigenvalue weighted by molar-refractivity contribution is -0.116. The molecule has 0 radical (unpaired) electrons. The molecule has 0 spiro atoms. The number of carbonyl (C=O) groups is 3. The Morgan fingerprint density at radius 1 is 1.11 bits per heavy atom. The Bertz CT molecular complexity index is 854. The number of para-hydroxylation sites is 1. The third-order valence-electron chi connectivity index (χ3n) is 4.23. The van der Waals surface area contributed by atoms with Gasteiger partial charge in [0.25, 0.3) is 0 Å². The van der Waals surface area contributed by atoms with Crippen molar-refractivity contribution < 1.29 is 23.9 Å². The maximum absolute atomic E-state index is 12.3. The molecule has 0 fully saturated rings. The summed E-state index contributed by atoms with van der Waals surface area (Å²) in [4.78, 5) is 39.3. The van der Waals surface area contributed by atoms with Gasteiger partial charge in [0.1, 0.15) is 0 Å². The van der Waals surface area contributed by atoms with Crippen molar-refractivity contribution in [1.29, 1.82) is 0 Å². The minimum Gasteiger partial charge on any atom is -0.465 e. The maximum atomic E-state index is 12.3. The fourth-order valence-electron chi connectivity index (χ4n) is 2.91. The molecule has 1 heterocycles. The van der Waals surface area contributed by atoms with Gasteiger partial charge in [-0.05, 0) is 44.9 Å². The number of hydrogen-bond donors (Lipinski definition) is 2. The molecule has 2 rings (SSSR count). The number of benzene rings is 1. The predicted octanol–water partition coefficient (Wildman–Crippen LogP) is 3.17. The van der Waals surface area contributed by atoms with E-state index in [1.54, 1.807) is 38.1 Å². The largest absolute Gasteiger partial charge is 0.465 e. The van der Waals surface area contributed by atoms with Gasteiger partial charge in [0.2, 0.25) is 5.91 Å². The number of hydrogen-bond acceptors (Lipinski definition) is 5. The van der Waals surface area contributed by atoms with E-state index in [9.17, 15) is 14.4 Å². The van der Waals surface area contributed by atoms with Gasteiger partial charge in [0, 0.05) is 17.8 Å². The van der Waals surface area contributed by atoms with E-state index in [0.717, 1.165) is 17.0 Å². The molecule has 2 N–H and O–H groups in total. The van der Waals surface area contributed by atoms with Gasteiger partial charge < -0.3 is 19.8 Å². The van der Waals surface area contributed by atoms with Crippen LogP contribution in [0.5, 0.6) is 0 Å². The van der Waals surface area contributed by atoms with Crippen LogP contribution in [0, 0.1) is 13.8 Å². The number of aryl methyl sites for hydroxylation is 2. The molecule has 1 aromatic carbocycles. The molecular formula is C20H24N2O5. The first-order chi connectivity index (χ1) is 12.9. The van der Waals surface area contributed by atoms with Crippen LogP contribution in [-0.2, 0) is 20.7 Å². The number of rotatable bonds is 7. The Morgan fingerprint density at radius 3 is 2.48 bits per heavy atom. The minimum atomic E-state index is -0.513. The highest BCUT2D eigenvalue weighted by Crippen LogP contribution is 2.21. The molecule has 7 nitrogen and oxygen atoms in total. The Labute approximate surface area is 158 Å². The highest BCUT2D eigenvalue weighted by molar-refractivity contribution is 6.01. The first-order valence-electron chi connectivity index (χ1n) is 8.71. The number of carbonyl (C=O) groups excluding carboxylic acids is 3. The van der Waals surface area contributed by atoms with Gasteiger partial charge >= 0.3 is 11.9 Å². The second-order valence-electron chi connectivity index (χ2n) is 6.03. The molecule has 1 amide bonds. The summed E-state index contributed by atoms with van der Waals surface area (Å²) in [6.07, 6.45) is 0.622. The van der Waals surface area contributed by atoms with Gasteiger partial charge in [-0.1, -0.05) is 12.1 Å². The van der Waals surface area contributed by atoms with Crippen LogP contribution in [-0.4, -0.2) is 36.5 Å². The zero-order valence-corrected chi connectivity index (χ0v) is 16.0. The maximum Gasteiger partial charge on any atom is 0.340 e. The first kappa shape index (κ1) is 20.2. The van der Waals surface area contributed by atoms with Crippen LogP contribution in [0.25, 0.3) is 0 Å². The number of H-pyrrole nitrogens is 1. The lowest BCUT2D eigenvalue weighted by Gasteiger charge is -2.09. The first-order valence-corrected chi connectivity index (χ1v) is 8.71. The molecular weight excluding hydrogens is 348 g/mol. The number of methoxy groups -OCH3 is 1. The number of esters is 2. The van der Waals surface area contributed by atoms with E-state index >= 15 is 0 Å². The molecule has 0 saturated carbocycles. The number of aromatic nitrogens is 1. The van der Waals surface area contributed by atoms with Crippen molar-refractivity contribution in [3.8, 4) is 0 Å². The van der Waals surface area contributed by atoms with Crippen LogP contribution in [0.1, 0.15) is 51.0 Å².